The molecule has 128 valence electrons. The summed E-state index contributed by atoms with van der Waals surface area (Å²) in [5.41, 5.74) is 8.54. The number of nitrogens with one attached hydrogen (secondary N) is 1. The number of rotatable bonds is 5. The molecule has 1 saturated carbocycles. The van der Waals surface area contributed by atoms with Gasteiger partial charge in [-0.3, -0.25) is 0 Å². The SMILES string of the molecule is Cc1cc(C2CC2NS(=O)(=O)c2ccccc2C(C)C)cnc1N. The highest BCUT2D eigenvalue weighted by Gasteiger charge is 2.42. The molecular formula is C18H23N3O2S. The molecule has 2 unspecified atom stereocenters. The second-order valence-electron chi connectivity index (χ2n) is 6.73. The van der Waals surface area contributed by atoms with Crippen molar-refractivity contribution in [2.75, 3.05) is 5.73 Å². The Morgan fingerprint density at radius 3 is 2.67 bits per heavy atom. The van der Waals surface area contributed by atoms with Crippen LogP contribution < -0.4 is 10.5 Å². The summed E-state index contributed by atoms with van der Waals surface area (Å²) in [4.78, 5) is 4.54. The van der Waals surface area contributed by atoms with Gasteiger partial charge >= 0.3 is 0 Å². The molecule has 1 aliphatic rings. The molecule has 1 heterocycles. The van der Waals surface area contributed by atoms with Crippen LogP contribution in [0.25, 0.3) is 0 Å². The largest absolute Gasteiger partial charge is 0.383 e. The van der Waals surface area contributed by atoms with Gasteiger partial charge in [-0.2, -0.15) is 0 Å². The van der Waals surface area contributed by atoms with Gasteiger partial charge in [0.1, 0.15) is 5.82 Å². The Morgan fingerprint density at radius 2 is 2.00 bits per heavy atom. The van der Waals surface area contributed by atoms with Crippen LogP contribution in [0.5, 0.6) is 0 Å². The second kappa shape index (κ2) is 6.18. The van der Waals surface area contributed by atoms with Crippen LogP contribution in [-0.4, -0.2) is 19.4 Å². The van der Waals surface area contributed by atoms with Gasteiger partial charge in [-0.05, 0) is 42.0 Å². The van der Waals surface area contributed by atoms with Crippen LogP contribution in [0.3, 0.4) is 0 Å². The number of pyridine rings is 1. The Labute approximate surface area is 143 Å². The summed E-state index contributed by atoms with van der Waals surface area (Å²) in [7, 11) is -3.53. The van der Waals surface area contributed by atoms with Gasteiger partial charge in [0.25, 0.3) is 0 Å². The van der Waals surface area contributed by atoms with Crippen molar-refractivity contribution in [2.24, 2.45) is 0 Å². The molecule has 1 fully saturated rings. The van der Waals surface area contributed by atoms with Gasteiger partial charge in [0.15, 0.2) is 0 Å². The van der Waals surface area contributed by atoms with E-state index < -0.39 is 10.0 Å². The van der Waals surface area contributed by atoms with E-state index in [-0.39, 0.29) is 17.9 Å². The van der Waals surface area contributed by atoms with E-state index in [1.165, 1.54) is 0 Å². The van der Waals surface area contributed by atoms with E-state index in [0.29, 0.717) is 10.7 Å². The monoisotopic (exact) mass is 345 g/mol. The number of benzene rings is 1. The minimum atomic E-state index is -3.53. The first-order valence-corrected chi connectivity index (χ1v) is 9.61. The van der Waals surface area contributed by atoms with Crippen molar-refractivity contribution >= 4 is 15.8 Å². The van der Waals surface area contributed by atoms with E-state index in [0.717, 1.165) is 23.1 Å². The van der Waals surface area contributed by atoms with Crippen molar-refractivity contribution < 1.29 is 8.42 Å². The smallest absolute Gasteiger partial charge is 0.241 e. The molecule has 1 aromatic carbocycles. The molecule has 3 rings (SSSR count). The number of nitrogens with zero attached hydrogens (tertiary/aromatic N) is 1. The van der Waals surface area contributed by atoms with Crippen LogP contribution in [0.15, 0.2) is 41.4 Å². The van der Waals surface area contributed by atoms with E-state index in [1.54, 1.807) is 18.3 Å². The van der Waals surface area contributed by atoms with Crippen LogP contribution >= 0.6 is 0 Å². The lowest BCUT2D eigenvalue weighted by atomic mass is 10.0. The van der Waals surface area contributed by atoms with Gasteiger partial charge in [-0.25, -0.2) is 18.1 Å². The van der Waals surface area contributed by atoms with Gasteiger partial charge in [0, 0.05) is 18.2 Å². The summed E-state index contributed by atoms with van der Waals surface area (Å²) in [6, 6.07) is 9.08. The zero-order valence-corrected chi connectivity index (χ0v) is 15.0. The molecule has 1 aliphatic carbocycles. The molecule has 5 nitrogen and oxygen atoms in total. The third-order valence-corrected chi connectivity index (χ3v) is 6.06. The quantitative estimate of drug-likeness (QED) is 0.872. The third kappa shape index (κ3) is 3.30. The van der Waals surface area contributed by atoms with E-state index in [1.807, 2.05) is 39.0 Å². The number of nitrogens with two attached hydrogens (primary N) is 1. The lowest BCUT2D eigenvalue weighted by Crippen LogP contribution is -2.28. The summed E-state index contributed by atoms with van der Waals surface area (Å²) >= 11 is 0. The first-order valence-electron chi connectivity index (χ1n) is 8.13. The molecule has 2 aromatic rings. The average molecular weight is 345 g/mol. The maximum absolute atomic E-state index is 12.8. The van der Waals surface area contributed by atoms with Crippen molar-refractivity contribution in [3.63, 3.8) is 0 Å². The van der Waals surface area contributed by atoms with Crippen LogP contribution in [0, 0.1) is 6.92 Å². The molecule has 0 spiro atoms. The maximum atomic E-state index is 12.8. The zero-order valence-electron chi connectivity index (χ0n) is 14.2. The molecular weight excluding hydrogens is 322 g/mol. The zero-order chi connectivity index (χ0) is 17.5. The molecule has 0 aliphatic heterocycles. The Balaban J connectivity index is 1.79. The second-order valence-corrected chi connectivity index (χ2v) is 8.42. The fraction of sp³-hybridized carbons (Fsp3) is 0.389. The normalized spacial score (nSPS) is 20.3. The van der Waals surface area contributed by atoms with Crippen LogP contribution in [0.4, 0.5) is 5.82 Å². The molecule has 1 aromatic heterocycles. The summed E-state index contributed by atoms with van der Waals surface area (Å²) in [6.07, 6.45) is 2.53. The number of aromatic nitrogens is 1. The fourth-order valence-electron chi connectivity index (χ4n) is 2.97. The van der Waals surface area contributed by atoms with Crippen molar-refractivity contribution in [1.29, 1.82) is 0 Å². The first-order chi connectivity index (χ1) is 11.3. The van der Waals surface area contributed by atoms with Crippen LogP contribution in [0.2, 0.25) is 0 Å². The lowest BCUT2D eigenvalue weighted by Gasteiger charge is -2.14. The first kappa shape index (κ1) is 16.9. The van der Waals surface area contributed by atoms with E-state index >= 15 is 0 Å². The number of hydrogen-bond acceptors (Lipinski definition) is 4. The Morgan fingerprint density at radius 1 is 1.29 bits per heavy atom. The molecule has 3 N–H and O–H groups in total. The molecule has 0 bridgehead atoms. The molecule has 0 amide bonds. The molecule has 2 atom stereocenters. The highest BCUT2D eigenvalue weighted by atomic mass is 32.2. The standard InChI is InChI=1S/C18H23N3O2S/c1-11(2)14-6-4-5-7-17(14)24(22,23)21-16-9-15(16)13-8-12(3)18(19)20-10-13/h4-8,10-11,15-16,21H,9H2,1-3H3,(H2,19,20). The van der Waals surface area contributed by atoms with Gasteiger partial charge in [0.2, 0.25) is 10.0 Å². The van der Waals surface area contributed by atoms with Gasteiger partial charge in [-0.1, -0.05) is 38.1 Å². The van der Waals surface area contributed by atoms with Crippen molar-refractivity contribution in [3.05, 3.63) is 53.2 Å². The summed E-state index contributed by atoms with van der Waals surface area (Å²) in [5, 5.41) is 0. The Hall–Kier alpha value is -1.92. The minimum Gasteiger partial charge on any atom is -0.383 e. The number of hydrogen-bond donors (Lipinski definition) is 2. The number of sulfonamides is 1. The Kier molecular flexibility index (Phi) is 4.36. The Bertz CT molecular complexity index is 862. The highest BCUT2D eigenvalue weighted by Crippen LogP contribution is 2.42. The number of nitrogen functional groups attached to an aromatic ring is 1. The average Bonchev–Trinajstić information content (AvgIpc) is 3.28. The summed E-state index contributed by atoms with van der Waals surface area (Å²) in [5.74, 6) is 0.830. The number of anilines is 1. The minimum absolute atomic E-state index is 0.0833. The van der Waals surface area contributed by atoms with Crippen molar-refractivity contribution in [2.45, 2.75) is 50.0 Å². The molecule has 0 saturated heterocycles. The summed E-state index contributed by atoms with van der Waals surface area (Å²) in [6.45, 7) is 5.90. The predicted octanol–water partition coefficient (Wildman–Crippen LogP) is 2.93. The van der Waals surface area contributed by atoms with Crippen LogP contribution in [0.1, 0.15) is 48.8 Å². The van der Waals surface area contributed by atoms with Gasteiger partial charge < -0.3 is 5.73 Å². The lowest BCUT2D eigenvalue weighted by molar-refractivity contribution is 0.577. The molecule has 24 heavy (non-hydrogen) atoms. The van der Waals surface area contributed by atoms with Crippen LogP contribution in [-0.2, 0) is 10.0 Å². The van der Waals surface area contributed by atoms with E-state index in [4.69, 9.17) is 5.73 Å². The fourth-order valence-corrected chi connectivity index (χ4v) is 4.63. The molecule has 6 heteroatoms. The van der Waals surface area contributed by atoms with Gasteiger partial charge in [0.05, 0.1) is 4.90 Å². The van der Waals surface area contributed by atoms with E-state index in [2.05, 4.69) is 9.71 Å². The topological polar surface area (TPSA) is 85.1 Å². The number of aryl methyl sites for hydroxylation is 1. The molecule has 0 radical (unpaired) electrons. The summed E-state index contributed by atoms with van der Waals surface area (Å²) < 4.78 is 28.4. The maximum Gasteiger partial charge on any atom is 0.241 e. The third-order valence-electron chi connectivity index (χ3n) is 4.50. The highest BCUT2D eigenvalue weighted by molar-refractivity contribution is 7.89. The predicted molar refractivity (Wildman–Crippen MR) is 95.4 cm³/mol. The van der Waals surface area contributed by atoms with E-state index in [9.17, 15) is 8.42 Å². The van der Waals surface area contributed by atoms with Crippen molar-refractivity contribution in [3.8, 4) is 0 Å². The van der Waals surface area contributed by atoms with Crippen molar-refractivity contribution in [1.82, 2.24) is 9.71 Å². The van der Waals surface area contributed by atoms with Gasteiger partial charge in [-0.15, -0.1) is 0 Å².